The lowest BCUT2D eigenvalue weighted by Crippen LogP contribution is -2.60. The van der Waals surface area contributed by atoms with E-state index in [1.165, 1.54) is 57.8 Å². The van der Waals surface area contributed by atoms with Crippen LogP contribution in [-0.2, 0) is 38.7 Å². The number of rotatable bonds is 31. The Morgan fingerprint density at radius 1 is 0.660 bits per heavy atom. The molecule has 0 spiro atoms. The van der Waals surface area contributed by atoms with E-state index in [0.29, 0.717) is 12.8 Å². The van der Waals surface area contributed by atoms with Crippen LogP contribution in [0.1, 0.15) is 155 Å². The summed E-state index contributed by atoms with van der Waals surface area (Å²) in [4.78, 5) is 25.1. The fraction of sp³-hybridized carbons (Fsp3) is 0.892. The van der Waals surface area contributed by atoms with Gasteiger partial charge in [-0.25, -0.2) is 0 Å². The second kappa shape index (κ2) is 28.9. The van der Waals surface area contributed by atoms with Gasteiger partial charge < -0.3 is 34.3 Å². The highest BCUT2D eigenvalue weighted by Crippen LogP contribution is 2.24. The number of hydrogen-bond donors (Lipinski definition) is 4. The zero-order valence-electron chi connectivity index (χ0n) is 30.8. The minimum atomic E-state index is -4.59. The smallest absolute Gasteiger partial charge is 0.306 e. The first-order chi connectivity index (χ1) is 24.0. The van der Waals surface area contributed by atoms with Crippen molar-refractivity contribution in [2.45, 2.75) is 192 Å². The number of unbranched alkanes of at least 4 members (excludes halogenated alkanes) is 17. The first kappa shape index (κ1) is 46.4. The molecule has 6 atom stereocenters. The highest BCUT2D eigenvalue weighted by molar-refractivity contribution is 7.85. The van der Waals surface area contributed by atoms with Crippen LogP contribution in [0.2, 0.25) is 0 Å². The molecule has 0 aromatic rings. The van der Waals surface area contributed by atoms with E-state index >= 15 is 0 Å². The third-order valence-corrected chi connectivity index (χ3v) is 9.60. The molecule has 1 aliphatic heterocycles. The third-order valence-electron chi connectivity index (χ3n) is 8.85. The molecule has 1 rings (SSSR count). The van der Waals surface area contributed by atoms with Crippen molar-refractivity contribution < 1.29 is 56.8 Å². The van der Waals surface area contributed by atoms with Crippen molar-refractivity contribution in [3.05, 3.63) is 12.2 Å². The van der Waals surface area contributed by atoms with E-state index in [4.69, 9.17) is 18.9 Å². The van der Waals surface area contributed by atoms with Crippen molar-refractivity contribution in [3.8, 4) is 0 Å². The van der Waals surface area contributed by atoms with Gasteiger partial charge in [0.1, 0.15) is 36.8 Å². The van der Waals surface area contributed by atoms with Crippen molar-refractivity contribution in [2.75, 3.05) is 19.0 Å². The van der Waals surface area contributed by atoms with Gasteiger partial charge in [0.15, 0.2) is 12.4 Å². The molecule has 13 heteroatoms. The van der Waals surface area contributed by atoms with Crippen LogP contribution < -0.4 is 0 Å². The van der Waals surface area contributed by atoms with Crippen LogP contribution in [0.4, 0.5) is 0 Å². The van der Waals surface area contributed by atoms with Crippen LogP contribution >= 0.6 is 0 Å². The molecular weight excluding hydrogens is 668 g/mol. The van der Waals surface area contributed by atoms with E-state index in [0.717, 1.165) is 57.8 Å². The second-order valence-electron chi connectivity index (χ2n) is 13.6. The Hall–Kier alpha value is -1.61. The predicted molar refractivity (Wildman–Crippen MR) is 192 cm³/mol. The van der Waals surface area contributed by atoms with Gasteiger partial charge in [0.2, 0.25) is 0 Å². The summed E-state index contributed by atoms with van der Waals surface area (Å²) in [5, 5.41) is 30.7. The van der Waals surface area contributed by atoms with Gasteiger partial charge in [0, 0.05) is 12.8 Å². The first-order valence-electron chi connectivity index (χ1n) is 19.2. The van der Waals surface area contributed by atoms with Crippen molar-refractivity contribution in [1.29, 1.82) is 0 Å². The standard InChI is InChI=1S/C37H68O12S/c1-3-5-7-9-11-13-14-15-16-18-20-22-24-26-33(39)48-30(27-46-32(38)25-23-21-19-17-12-10-8-6-4-2)28-47-37-36(42)35(41)34(40)31(49-37)29-50(43,44)45/h13-14,30-31,34-37,40-42H,3-12,15-29H2,1-2H3,(H,43,44,45)/b14-13+/t30-,31-,34-,35?,36?,37+/m1/s1. The maximum absolute atomic E-state index is 12.7. The van der Waals surface area contributed by atoms with Crippen LogP contribution in [0, 0.1) is 0 Å². The van der Waals surface area contributed by atoms with Crippen molar-refractivity contribution in [2.24, 2.45) is 0 Å². The molecule has 294 valence electrons. The summed E-state index contributed by atoms with van der Waals surface area (Å²) < 4.78 is 53.7. The molecule has 0 bridgehead atoms. The molecule has 1 heterocycles. The molecular formula is C37H68O12S. The van der Waals surface area contributed by atoms with Crippen LogP contribution in [0.25, 0.3) is 0 Å². The highest BCUT2D eigenvalue weighted by Gasteiger charge is 2.46. The van der Waals surface area contributed by atoms with Gasteiger partial charge in [-0.3, -0.25) is 14.1 Å². The van der Waals surface area contributed by atoms with Crippen LogP contribution in [0.3, 0.4) is 0 Å². The molecule has 50 heavy (non-hydrogen) atoms. The summed E-state index contributed by atoms with van der Waals surface area (Å²) in [6.45, 7) is 3.68. The number of carbonyl (C=O) groups is 2. The van der Waals surface area contributed by atoms with Gasteiger partial charge in [-0.2, -0.15) is 8.42 Å². The maximum atomic E-state index is 12.7. The van der Waals surface area contributed by atoms with E-state index in [1.807, 2.05) is 0 Å². The molecule has 1 aliphatic rings. The highest BCUT2D eigenvalue weighted by atomic mass is 32.2. The fourth-order valence-electron chi connectivity index (χ4n) is 5.79. The minimum Gasteiger partial charge on any atom is -0.462 e. The number of aliphatic hydroxyl groups excluding tert-OH is 3. The molecule has 1 fully saturated rings. The summed E-state index contributed by atoms with van der Waals surface area (Å²) >= 11 is 0. The molecule has 0 amide bonds. The summed E-state index contributed by atoms with van der Waals surface area (Å²) in [6.07, 6.45) is 17.1. The van der Waals surface area contributed by atoms with Gasteiger partial charge in [-0.05, 0) is 38.5 Å². The number of aliphatic hydroxyl groups is 3. The molecule has 12 nitrogen and oxygen atoms in total. The molecule has 0 saturated carbocycles. The van der Waals surface area contributed by atoms with E-state index < -0.39 is 71.2 Å². The lowest BCUT2D eigenvalue weighted by molar-refractivity contribution is -0.297. The number of ether oxygens (including phenoxy) is 4. The minimum absolute atomic E-state index is 0.157. The van der Waals surface area contributed by atoms with Gasteiger partial charge in [-0.15, -0.1) is 0 Å². The lowest BCUT2D eigenvalue weighted by Gasteiger charge is -2.40. The van der Waals surface area contributed by atoms with Crippen LogP contribution in [-0.4, -0.2) is 96.0 Å². The van der Waals surface area contributed by atoms with Gasteiger partial charge in [0.25, 0.3) is 10.1 Å². The second-order valence-corrected chi connectivity index (χ2v) is 15.1. The summed E-state index contributed by atoms with van der Waals surface area (Å²) in [5.74, 6) is -1.99. The number of allylic oxidation sites excluding steroid dienone is 2. The average Bonchev–Trinajstić information content (AvgIpc) is 3.07. The Morgan fingerprint density at radius 2 is 1.14 bits per heavy atom. The van der Waals surface area contributed by atoms with Crippen molar-refractivity contribution >= 4 is 22.1 Å². The zero-order chi connectivity index (χ0) is 37.0. The Kier molecular flexibility index (Phi) is 26.8. The zero-order valence-corrected chi connectivity index (χ0v) is 31.6. The molecule has 2 unspecified atom stereocenters. The summed E-state index contributed by atoms with van der Waals surface area (Å²) in [6, 6.07) is 0. The van der Waals surface area contributed by atoms with Gasteiger partial charge >= 0.3 is 11.9 Å². The molecule has 1 saturated heterocycles. The Balaban J connectivity index is 2.54. The van der Waals surface area contributed by atoms with Crippen molar-refractivity contribution in [3.63, 3.8) is 0 Å². The van der Waals surface area contributed by atoms with Gasteiger partial charge in [0.05, 0.1) is 6.61 Å². The molecule has 0 radical (unpaired) electrons. The fourth-order valence-corrected chi connectivity index (χ4v) is 6.48. The first-order valence-corrected chi connectivity index (χ1v) is 20.9. The molecule has 0 aromatic carbocycles. The quantitative estimate of drug-likeness (QED) is 0.0269. The van der Waals surface area contributed by atoms with E-state index in [1.54, 1.807) is 0 Å². The topological polar surface area (TPSA) is 186 Å². The Labute approximate surface area is 301 Å². The summed E-state index contributed by atoms with van der Waals surface area (Å²) in [7, 11) is -4.59. The average molecular weight is 737 g/mol. The van der Waals surface area contributed by atoms with Crippen LogP contribution in [0.15, 0.2) is 12.2 Å². The Bertz CT molecular complexity index is 1000. The van der Waals surface area contributed by atoms with E-state index in [2.05, 4.69) is 26.0 Å². The Morgan fingerprint density at radius 3 is 1.68 bits per heavy atom. The largest absolute Gasteiger partial charge is 0.462 e. The SMILES string of the molecule is CCCCCC/C=C/CCCCCCCC(=O)O[C@H](COC(=O)CCCCCCCCCCC)CO[C@H]1O[C@H](CS(=O)(=O)O)[C@@H](O)C(O)C1O. The number of esters is 2. The van der Waals surface area contributed by atoms with E-state index in [-0.39, 0.29) is 19.4 Å². The van der Waals surface area contributed by atoms with Crippen molar-refractivity contribution in [1.82, 2.24) is 0 Å². The monoisotopic (exact) mass is 736 g/mol. The number of carbonyl (C=O) groups excluding carboxylic acids is 2. The normalized spacial score (nSPS) is 21.8. The number of hydrogen-bond acceptors (Lipinski definition) is 11. The molecule has 4 N–H and O–H groups in total. The lowest BCUT2D eigenvalue weighted by atomic mass is 10.00. The third kappa shape index (κ3) is 23.8. The summed E-state index contributed by atoms with van der Waals surface area (Å²) in [5.41, 5.74) is 0. The van der Waals surface area contributed by atoms with Gasteiger partial charge in [-0.1, -0.05) is 116 Å². The van der Waals surface area contributed by atoms with Crippen LogP contribution in [0.5, 0.6) is 0 Å². The molecule has 0 aliphatic carbocycles. The molecule has 0 aromatic heterocycles. The predicted octanol–water partition coefficient (Wildman–Crippen LogP) is 6.33. The maximum Gasteiger partial charge on any atom is 0.306 e. The van der Waals surface area contributed by atoms with E-state index in [9.17, 15) is 37.9 Å².